The van der Waals surface area contributed by atoms with E-state index in [1.807, 2.05) is 12.1 Å². The summed E-state index contributed by atoms with van der Waals surface area (Å²) in [5.74, 6) is 0.811. The Bertz CT molecular complexity index is 595. The minimum absolute atomic E-state index is 0.0310. The number of hydrogen-bond donors (Lipinski definition) is 1. The van der Waals surface area contributed by atoms with Gasteiger partial charge in [-0.2, -0.15) is 0 Å². The number of hydrogen-bond acceptors (Lipinski definition) is 4. The van der Waals surface area contributed by atoms with Crippen molar-refractivity contribution in [2.75, 3.05) is 26.8 Å². The predicted molar refractivity (Wildman–Crippen MR) is 102 cm³/mol. The average Bonchev–Trinajstić information content (AvgIpc) is 3.12. The van der Waals surface area contributed by atoms with Gasteiger partial charge in [0.15, 0.2) is 5.79 Å². The van der Waals surface area contributed by atoms with Crippen LogP contribution in [0.2, 0.25) is 0 Å². The number of nitrogens with zero attached hydrogens (tertiary/aromatic N) is 1. The lowest BCUT2D eigenvalue weighted by atomic mass is 9.72. The number of benzene rings is 1. The molecule has 3 aliphatic rings. The van der Waals surface area contributed by atoms with Crippen LogP contribution in [0.25, 0.3) is 0 Å². The molecule has 2 aliphatic carbocycles. The normalized spacial score (nSPS) is 25.8. The number of rotatable bonds is 4. The van der Waals surface area contributed by atoms with Gasteiger partial charge in [-0.05, 0) is 56.3 Å². The first-order valence-electron chi connectivity index (χ1n) is 10.4. The summed E-state index contributed by atoms with van der Waals surface area (Å²) in [5.41, 5.74) is 1.21. The molecule has 0 aromatic heterocycles. The lowest BCUT2D eigenvalue weighted by Gasteiger charge is -2.50. The standard InChI is InChI=1S/C22H33NO3/c1-23(17-18-6-3-2-4-7-18)21(19-8-5-9-20(24)16-19)10-12-22(13-11-21)25-14-15-26-22/h5,8-9,16,18,24H,2-4,6-7,10-15,17H2,1H3. The monoisotopic (exact) mass is 359 g/mol. The average molecular weight is 360 g/mol. The number of phenols is 1. The molecule has 1 spiro atoms. The summed E-state index contributed by atoms with van der Waals surface area (Å²) in [5, 5.41) is 10.1. The molecule has 1 heterocycles. The molecule has 0 unspecified atom stereocenters. The van der Waals surface area contributed by atoms with E-state index in [1.54, 1.807) is 6.07 Å². The SMILES string of the molecule is CN(CC1CCCCC1)C1(c2cccc(O)c2)CCC2(CC1)OCCO2. The molecule has 3 fully saturated rings. The van der Waals surface area contributed by atoms with Crippen molar-refractivity contribution in [2.24, 2.45) is 5.92 Å². The zero-order valence-electron chi connectivity index (χ0n) is 16.1. The second-order valence-electron chi connectivity index (χ2n) is 8.57. The zero-order valence-corrected chi connectivity index (χ0v) is 16.1. The van der Waals surface area contributed by atoms with Gasteiger partial charge in [-0.1, -0.05) is 31.4 Å². The van der Waals surface area contributed by atoms with E-state index in [9.17, 15) is 5.11 Å². The van der Waals surface area contributed by atoms with Gasteiger partial charge < -0.3 is 14.6 Å². The molecule has 2 saturated carbocycles. The zero-order chi connectivity index (χ0) is 18.0. The summed E-state index contributed by atoms with van der Waals surface area (Å²) in [7, 11) is 2.28. The molecule has 4 nitrogen and oxygen atoms in total. The largest absolute Gasteiger partial charge is 0.508 e. The number of aromatic hydroxyl groups is 1. The van der Waals surface area contributed by atoms with Crippen LogP contribution in [0.5, 0.6) is 5.75 Å². The van der Waals surface area contributed by atoms with Crippen molar-refractivity contribution in [1.82, 2.24) is 4.90 Å². The molecule has 1 N–H and O–H groups in total. The highest BCUT2D eigenvalue weighted by molar-refractivity contribution is 5.33. The van der Waals surface area contributed by atoms with Crippen molar-refractivity contribution in [2.45, 2.75) is 69.1 Å². The molecule has 4 rings (SSSR count). The summed E-state index contributed by atoms with van der Waals surface area (Å²) in [6.45, 7) is 2.58. The molecule has 0 amide bonds. The Labute approximate surface area is 157 Å². The van der Waals surface area contributed by atoms with E-state index in [1.165, 1.54) is 37.7 Å². The summed E-state index contributed by atoms with van der Waals surface area (Å²) < 4.78 is 11.9. The molecule has 1 aromatic rings. The van der Waals surface area contributed by atoms with Gasteiger partial charge in [-0.25, -0.2) is 0 Å². The lowest BCUT2D eigenvalue weighted by molar-refractivity contribution is -0.195. The Hall–Kier alpha value is -1.10. The summed E-state index contributed by atoms with van der Waals surface area (Å²) >= 11 is 0. The first-order valence-corrected chi connectivity index (χ1v) is 10.4. The molecule has 1 aliphatic heterocycles. The maximum absolute atomic E-state index is 10.1. The van der Waals surface area contributed by atoms with Crippen LogP contribution in [0.4, 0.5) is 0 Å². The Balaban J connectivity index is 1.57. The first-order chi connectivity index (χ1) is 12.6. The highest BCUT2D eigenvalue weighted by Crippen LogP contribution is 2.48. The maximum Gasteiger partial charge on any atom is 0.168 e. The minimum Gasteiger partial charge on any atom is -0.508 e. The second-order valence-corrected chi connectivity index (χ2v) is 8.57. The topological polar surface area (TPSA) is 41.9 Å². The minimum atomic E-state index is -0.355. The molecule has 0 atom stereocenters. The summed E-state index contributed by atoms with van der Waals surface area (Å²) in [6, 6.07) is 7.90. The van der Waals surface area contributed by atoms with Crippen LogP contribution in [0.1, 0.15) is 63.4 Å². The Morgan fingerprint density at radius 3 is 2.38 bits per heavy atom. The molecule has 4 heteroatoms. The first kappa shape index (κ1) is 18.3. The molecule has 1 aromatic carbocycles. The molecule has 0 bridgehead atoms. The second kappa shape index (κ2) is 7.49. The van der Waals surface area contributed by atoms with Gasteiger partial charge in [-0.3, -0.25) is 4.90 Å². The third-order valence-corrected chi connectivity index (χ3v) is 7.02. The van der Waals surface area contributed by atoms with Crippen LogP contribution >= 0.6 is 0 Å². The fourth-order valence-electron chi connectivity index (χ4n) is 5.45. The molecule has 144 valence electrons. The third kappa shape index (κ3) is 3.51. The van der Waals surface area contributed by atoms with E-state index in [0.29, 0.717) is 5.75 Å². The van der Waals surface area contributed by atoms with Gasteiger partial charge in [0.25, 0.3) is 0 Å². The van der Waals surface area contributed by atoms with Crippen molar-refractivity contribution < 1.29 is 14.6 Å². The van der Waals surface area contributed by atoms with E-state index in [4.69, 9.17) is 9.47 Å². The quantitative estimate of drug-likeness (QED) is 0.864. The van der Waals surface area contributed by atoms with Gasteiger partial charge in [0.2, 0.25) is 0 Å². The number of phenolic OH excluding ortho intramolecular Hbond substituents is 1. The van der Waals surface area contributed by atoms with Crippen molar-refractivity contribution >= 4 is 0 Å². The molecular weight excluding hydrogens is 326 g/mol. The van der Waals surface area contributed by atoms with Gasteiger partial charge in [0, 0.05) is 24.9 Å². The van der Waals surface area contributed by atoms with Gasteiger partial charge in [0.05, 0.1) is 13.2 Å². The summed E-state index contributed by atoms with van der Waals surface area (Å²) in [6.07, 6.45) is 10.8. The van der Waals surface area contributed by atoms with Crippen LogP contribution in [0, 0.1) is 5.92 Å². The van der Waals surface area contributed by atoms with Crippen LogP contribution < -0.4 is 0 Å². The molecule has 26 heavy (non-hydrogen) atoms. The smallest absolute Gasteiger partial charge is 0.168 e. The Morgan fingerprint density at radius 2 is 1.73 bits per heavy atom. The van der Waals surface area contributed by atoms with Crippen molar-refractivity contribution in [3.63, 3.8) is 0 Å². The van der Waals surface area contributed by atoms with Crippen molar-refractivity contribution in [1.29, 1.82) is 0 Å². The van der Waals surface area contributed by atoms with Crippen molar-refractivity contribution in [3.8, 4) is 5.75 Å². The van der Waals surface area contributed by atoms with Crippen LogP contribution in [-0.4, -0.2) is 42.6 Å². The lowest BCUT2D eigenvalue weighted by Crippen LogP contribution is -2.52. The van der Waals surface area contributed by atoms with Crippen molar-refractivity contribution in [3.05, 3.63) is 29.8 Å². The van der Waals surface area contributed by atoms with Crippen LogP contribution in [0.15, 0.2) is 24.3 Å². The van der Waals surface area contributed by atoms with Crippen LogP contribution in [0.3, 0.4) is 0 Å². The summed E-state index contributed by atoms with van der Waals surface area (Å²) in [4.78, 5) is 2.58. The van der Waals surface area contributed by atoms with Gasteiger partial charge >= 0.3 is 0 Å². The van der Waals surface area contributed by atoms with E-state index < -0.39 is 0 Å². The molecular formula is C22H33NO3. The highest BCUT2D eigenvalue weighted by Gasteiger charge is 2.49. The highest BCUT2D eigenvalue weighted by atomic mass is 16.7. The van der Waals surface area contributed by atoms with Crippen LogP contribution in [-0.2, 0) is 15.0 Å². The molecule has 1 saturated heterocycles. The van der Waals surface area contributed by atoms with E-state index in [0.717, 1.165) is 51.4 Å². The Kier molecular flexibility index (Phi) is 5.27. The van der Waals surface area contributed by atoms with E-state index in [-0.39, 0.29) is 11.3 Å². The maximum atomic E-state index is 10.1. The van der Waals surface area contributed by atoms with E-state index in [2.05, 4.69) is 18.0 Å². The fourth-order valence-corrected chi connectivity index (χ4v) is 5.45. The Morgan fingerprint density at radius 1 is 1.04 bits per heavy atom. The van der Waals surface area contributed by atoms with Gasteiger partial charge in [0.1, 0.15) is 5.75 Å². The predicted octanol–water partition coefficient (Wildman–Crippen LogP) is 4.42. The molecule has 0 radical (unpaired) electrons. The number of ether oxygens (including phenoxy) is 2. The third-order valence-electron chi connectivity index (χ3n) is 7.02. The fraction of sp³-hybridized carbons (Fsp3) is 0.727. The van der Waals surface area contributed by atoms with E-state index >= 15 is 0 Å². The van der Waals surface area contributed by atoms with Gasteiger partial charge in [-0.15, -0.1) is 0 Å².